The number of nitrogens with zero attached hydrogens (tertiary/aromatic N) is 1. The van der Waals surface area contributed by atoms with E-state index in [0.29, 0.717) is 55.1 Å². The molecule has 0 unspecified atom stereocenters. The predicted molar refractivity (Wildman–Crippen MR) is 109 cm³/mol. The van der Waals surface area contributed by atoms with Crippen molar-refractivity contribution in [3.63, 3.8) is 0 Å². The number of hydrogen-bond acceptors (Lipinski definition) is 6. The molecule has 30 heavy (non-hydrogen) atoms. The van der Waals surface area contributed by atoms with Crippen LogP contribution in [0, 0.1) is 0 Å². The van der Waals surface area contributed by atoms with Crippen LogP contribution >= 0.6 is 0 Å². The van der Waals surface area contributed by atoms with Gasteiger partial charge < -0.3 is 29.4 Å². The van der Waals surface area contributed by atoms with Crippen LogP contribution < -0.4 is 15.0 Å². The zero-order valence-corrected chi connectivity index (χ0v) is 17.4. The second-order valence-corrected chi connectivity index (χ2v) is 6.94. The van der Waals surface area contributed by atoms with Crippen molar-refractivity contribution in [2.24, 2.45) is 0 Å². The average molecular weight is 419 g/mol. The average Bonchev–Trinajstić information content (AvgIpc) is 3.11. The molecule has 3 rings (SSSR count). The van der Waals surface area contributed by atoms with Crippen LogP contribution in [0.25, 0.3) is 10.9 Å². The van der Waals surface area contributed by atoms with Gasteiger partial charge in [0.15, 0.2) is 6.54 Å². The monoisotopic (exact) mass is 419 g/mol. The van der Waals surface area contributed by atoms with E-state index in [9.17, 15) is 14.4 Å². The summed E-state index contributed by atoms with van der Waals surface area (Å²) < 4.78 is 15.1. The minimum absolute atomic E-state index is 0.177. The minimum Gasteiger partial charge on any atom is -0.497 e. The number of aromatic amines is 1. The van der Waals surface area contributed by atoms with Crippen molar-refractivity contribution in [2.75, 3.05) is 58.9 Å². The van der Waals surface area contributed by atoms with Crippen molar-refractivity contribution in [3.8, 4) is 5.75 Å². The molecule has 0 atom stereocenters. The van der Waals surface area contributed by atoms with Gasteiger partial charge in [0.05, 0.1) is 58.2 Å². The Kier molecular flexibility index (Phi) is 6.78. The molecule has 1 aromatic carbocycles. The van der Waals surface area contributed by atoms with E-state index in [-0.39, 0.29) is 24.2 Å². The van der Waals surface area contributed by atoms with Gasteiger partial charge in [0.2, 0.25) is 0 Å². The number of nitrogens with one attached hydrogen (secondary N) is 3. The maximum Gasteiger partial charge on any atom is 0.410 e. The van der Waals surface area contributed by atoms with E-state index < -0.39 is 5.97 Å². The van der Waals surface area contributed by atoms with E-state index in [1.54, 1.807) is 37.1 Å². The molecule has 10 heteroatoms. The molecule has 0 saturated carbocycles. The maximum absolute atomic E-state index is 12.7. The van der Waals surface area contributed by atoms with Crippen molar-refractivity contribution >= 4 is 34.6 Å². The number of rotatable bonds is 6. The Hall–Kier alpha value is -3.27. The molecule has 1 aliphatic heterocycles. The molecule has 3 N–H and O–H groups in total. The molecular formula is C20H27N4O6+. The Labute approximate surface area is 174 Å². The largest absolute Gasteiger partial charge is 0.497 e. The number of carbonyl (C=O) groups is 3. The zero-order valence-electron chi connectivity index (χ0n) is 17.4. The molecule has 0 bridgehead atoms. The lowest BCUT2D eigenvalue weighted by molar-refractivity contribution is -0.895. The second-order valence-electron chi connectivity index (χ2n) is 6.94. The van der Waals surface area contributed by atoms with E-state index >= 15 is 0 Å². The molecule has 1 fully saturated rings. The number of anilines is 1. The van der Waals surface area contributed by atoms with E-state index in [4.69, 9.17) is 14.2 Å². The number of quaternary nitrogens is 1. The molecule has 0 aliphatic carbocycles. The summed E-state index contributed by atoms with van der Waals surface area (Å²) in [5.41, 5.74) is 1.21. The predicted octanol–water partition coefficient (Wildman–Crippen LogP) is 0.259. The van der Waals surface area contributed by atoms with Gasteiger partial charge in [-0.05, 0) is 19.1 Å². The fraction of sp³-hybridized carbons (Fsp3) is 0.450. The first kappa shape index (κ1) is 21.4. The number of hydrogen-bond donors (Lipinski definition) is 3. The van der Waals surface area contributed by atoms with Gasteiger partial charge in [-0.15, -0.1) is 0 Å². The first-order valence-electron chi connectivity index (χ1n) is 9.80. The summed E-state index contributed by atoms with van der Waals surface area (Å²) in [5, 5.41) is 3.54. The molecule has 1 saturated heterocycles. The number of piperazine rings is 1. The SMILES string of the molecule is CCOC(=O)N1CC[NH+](CC(=O)Nc2c(C(=O)OC)[nH]c3cc(OC)ccc23)CC1. The van der Waals surface area contributed by atoms with Crippen LogP contribution in [0.1, 0.15) is 17.4 Å². The summed E-state index contributed by atoms with van der Waals surface area (Å²) in [4.78, 5) is 42.4. The van der Waals surface area contributed by atoms with Gasteiger partial charge in [-0.2, -0.15) is 0 Å². The number of ether oxygens (including phenoxy) is 3. The lowest BCUT2D eigenvalue weighted by atomic mass is 10.2. The highest BCUT2D eigenvalue weighted by atomic mass is 16.6. The highest BCUT2D eigenvalue weighted by Gasteiger charge is 2.27. The van der Waals surface area contributed by atoms with Crippen molar-refractivity contribution < 1.29 is 33.5 Å². The Balaban J connectivity index is 1.69. The number of H-pyrrole nitrogens is 1. The molecule has 0 spiro atoms. The van der Waals surface area contributed by atoms with Crippen molar-refractivity contribution in [1.29, 1.82) is 0 Å². The molecular weight excluding hydrogens is 392 g/mol. The third-order valence-electron chi connectivity index (χ3n) is 5.07. The smallest absolute Gasteiger partial charge is 0.410 e. The lowest BCUT2D eigenvalue weighted by Gasteiger charge is -2.31. The van der Waals surface area contributed by atoms with Crippen LogP contribution in [-0.4, -0.2) is 81.4 Å². The van der Waals surface area contributed by atoms with Gasteiger partial charge >= 0.3 is 12.1 Å². The number of benzene rings is 1. The number of fused-ring (bicyclic) bond motifs is 1. The van der Waals surface area contributed by atoms with Crippen LogP contribution in [-0.2, 0) is 14.3 Å². The highest BCUT2D eigenvalue weighted by molar-refractivity contribution is 6.11. The molecule has 10 nitrogen and oxygen atoms in total. The molecule has 2 amide bonds. The summed E-state index contributed by atoms with van der Waals surface area (Å²) in [7, 11) is 2.84. The van der Waals surface area contributed by atoms with Gasteiger partial charge in [0.1, 0.15) is 11.4 Å². The van der Waals surface area contributed by atoms with Crippen LogP contribution in [0.4, 0.5) is 10.5 Å². The van der Waals surface area contributed by atoms with E-state index in [2.05, 4.69) is 10.3 Å². The molecule has 162 valence electrons. The van der Waals surface area contributed by atoms with E-state index in [1.807, 2.05) is 0 Å². The third kappa shape index (κ3) is 4.65. The van der Waals surface area contributed by atoms with Crippen LogP contribution in [0.3, 0.4) is 0 Å². The molecule has 0 radical (unpaired) electrons. The van der Waals surface area contributed by atoms with Gasteiger partial charge in [-0.25, -0.2) is 9.59 Å². The molecule has 2 aromatic rings. The lowest BCUT2D eigenvalue weighted by Crippen LogP contribution is -3.15. The van der Waals surface area contributed by atoms with Crippen molar-refractivity contribution in [3.05, 3.63) is 23.9 Å². The number of aromatic nitrogens is 1. The van der Waals surface area contributed by atoms with Crippen LogP contribution in [0.15, 0.2) is 18.2 Å². The van der Waals surface area contributed by atoms with Crippen LogP contribution in [0.5, 0.6) is 5.75 Å². The standard InChI is InChI=1S/C20H26N4O6/c1-4-30-20(27)24-9-7-23(8-10-24)12-16(25)22-17-14-6-5-13(28-2)11-15(14)21-18(17)19(26)29-3/h5-6,11,21H,4,7-10,12H2,1-3H3,(H,22,25)/p+1. The summed E-state index contributed by atoms with van der Waals surface area (Å²) in [6.07, 6.45) is -0.321. The van der Waals surface area contributed by atoms with E-state index in [1.165, 1.54) is 7.11 Å². The second kappa shape index (κ2) is 9.49. The summed E-state index contributed by atoms with van der Waals surface area (Å²) in [6, 6.07) is 5.28. The fourth-order valence-electron chi connectivity index (χ4n) is 3.50. The number of amides is 2. The number of methoxy groups -OCH3 is 2. The van der Waals surface area contributed by atoms with Gasteiger partial charge in [0.25, 0.3) is 5.91 Å². The van der Waals surface area contributed by atoms with Crippen molar-refractivity contribution in [1.82, 2.24) is 9.88 Å². The fourth-order valence-corrected chi connectivity index (χ4v) is 3.50. The first-order chi connectivity index (χ1) is 14.5. The Morgan fingerprint density at radius 2 is 1.93 bits per heavy atom. The van der Waals surface area contributed by atoms with Crippen LogP contribution in [0.2, 0.25) is 0 Å². The topological polar surface area (TPSA) is 114 Å². The highest BCUT2D eigenvalue weighted by Crippen LogP contribution is 2.30. The maximum atomic E-state index is 12.7. The summed E-state index contributed by atoms with van der Waals surface area (Å²) in [6.45, 7) is 4.67. The van der Waals surface area contributed by atoms with Crippen molar-refractivity contribution in [2.45, 2.75) is 6.92 Å². The summed E-state index contributed by atoms with van der Waals surface area (Å²) >= 11 is 0. The minimum atomic E-state index is -0.573. The molecule has 2 heterocycles. The number of esters is 1. The molecule has 1 aliphatic rings. The Bertz CT molecular complexity index is 933. The van der Waals surface area contributed by atoms with E-state index in [0.717, 1.165) is 4.90 Å². The Morgan fingerprint density at radius 1 is 1.20 bits per heavy atom. The zero-order chi connectivity index (χ0) is 21.7. The normalized spacial score (nSPS) is 14.4. The Morgan fingerprint density at radius 3 is 2.57 bits per heavy atom. The van der Waals surface area contributed by atoms with Gasteiger partial charge in [-0.1, -0.05) is 0 Å². The number of carbonyl (C=O) groups excluding carboxylic acids is 3. The summed E-state index contributed by atoms with van der Waals surface area (Å²) in [5.74, 6) is -0.172. The van der Waals surface area contributed by atoms with Gasteiger partial charge in [-0.3, -0.25) is 9.69 Å². The molecule has 1 aromatic heterocycles. The quantitative estimate of drug-likeness (QED) is 0.579. The third-order valence-corrected chi connectivity index (χ3v) is 5.07. The first-order valence-corrected chi connectivity index (χ1v) is 9.80. The van der Waals surface area contributed by atoms with Gasteiger partial charge in [0, 0.05) is 11.5 Å².